The number of nitrogens with one attached hydrogen (secondary N) is 2. The second-order valence-corrected chi connectivity index (χ2v) is 5.99. The summed E-state index contributed by atoms with van der Waals surface area (Å²) >= 11 is 5.89. The van der Waals surface area contributed by atoms with E-state index in [1.54, 1.807) is 6.92 Å². The molecule has 0 fully saturated rings. The van der Waals surface area contributed by atoms with E-state index < -0.39 is 16.1 Å². The largest absolute Gasteiger partial charge is 0.399 e. The highest BCUT2D eigenvalue weighted by atomic mass is 35.5. The lowest BCUT2D eigenvalue weighted by atomic mass is 10.3. The van der Waals surface area contributed by atoms with Gasteiger partial charge in [0.05, 0.1) is 11.1 Å². The van der Waals surface area contributed by atoms with Crippen molar-refractivity contribution in [2.45, 2.75) is 17.9 Å². The molecule has 1 aromatic carbocycles. The van der Waals surface area contributed by atoms with Gasteiger partial charge in [0.15, 0.2) is 0 Å². The topological polar surface area (TPSA) is 114 Å². The Morgan fingerprint density at radius 2 is 2.21 bits per heavy atom. The van der Waals surface area contributed by atoms with Crippen LogP contribution in [0.4, 0.5) is 5.69 Å². The number of sulfonamides is 1. The molecule has 2 aromatic rings. The van der Waals surface area contributed by atoms with Gasteiger partial charge in [-0.25, -0.2) is 18.1 Å². The summed E-state index contributed by atoms with van der Waals surface area (Å²) < 4.78 is 26.8. The number of halogens is 1. The Morgan fingerprint density at radius 1 is 1.47 bits per heavy atom. The molecule has 2 rings (SSSR count). The number of anilines is 1. The number of H-pyrrole nitrogens is 1. The van der Waals surface area contributed by atoms with Gasteiger partial charge in [-0.05, 0) is 25.1 Å². The Hall–Kier alpha value is -1.64. The highest BCUT2D eigenvalue weighted by molar-refractivity contribution is 7.89. The zero-order valence-corrected chi connectivity index (χ0v) is 11.5. The van der Waals surface area contributed by atoms with Gasteiger partial charge >= 0.3 is 0 Å². The molecule has 0 spiro atoms. The molecule has 1 heterocycles. The first kappa shape index (κ1) is 13.8. The number of nitrogen functional groups attached to an aromatic ring is 1. The zero-order chi connectivity index (χ0) is 14.0. The van der Waals surface area contributed by atoms with Crippen molar-refractivity contribution >= 4 is 27.3 Å². The lowest BCUT2D eigenvalue weighted by Gasteiger charge is -2.12. The molecule has 19 heavy (non-hydrogen) atoms. The molecule has 0 saturated heterocycles. The average molecular weight is 302 g/mol. The number of hydrogen-bond donors (Lipinski definition) is 3. The molecule has 7 nitrogen and oxygen atoms in total. The Morgan fingerprint density at radius 3 is 2.79 bits per heavy atom. The summed E-state index contributed by atoms with van der Waals surface area (Å²) in [7, 11) is -3.76. The van der Waals surface area contributed by atoms with E-state index in [-0.39, 0.29) is 9.92 Å². The molecular weight excluding hydrogens is 290 g/mol. The van der Waals surface area contributed by atoms with E-state index in [9.17, 15) is 8.42 Å². The van der Waals surface area contributed by atoms with Crippen LogP contribution in [-0.2, 0) is 10.0 Å². The van der Waals surface area contributed by atoms with Crippen LogP contribution in [0.15, 0.2) is 29.4 Å². The fraction of sp³-hybridized carbons (Fsp3) is 0.200. The van der Waals surface area contributed by atoms with Crippen molar-refractivity contribution in [2.24, 2.45) is 0 Å². The summed E-state index contributed by atoms with van der Waals surface area (Å²) in [6, 6.07) is 3.66. The molecule has 0 aliphatic rings. The minimum Gasteiger partial charge on any atom is -0.399 e. The second kappa shape index (κ2) is 5.16. The van der Waals surface area contributed by atoms with Crippen LogP contribution < -0.4 is 10.5 Å². The van der Waals surface area contributed by atoms with Crippen LogP contribution in [0.25, 0.3) is 0 Å². The molecular formula is C10H12ClN5O2S. The quantitative estimate of drug-likeness (QED) is 0.731. The molecule has 1 atom stereocenters. The van der Waals surface area contributed by atoms with Gasteiger partial charge in [0.25, 0.3) is 0 Å². The van der Waals surface area contributed by atoms with Crippen molar-refractivity contribution in [2.75, 3.05) is 5.73 Å². The first-order valence-corrected chi connectivity index (χ1v) is 7.19. The smallest absolute Gasteiger partial charge is 0.242 e. The van der Waals surface area contributed by atoms with Crippen molar-refractivity contribution in [3.8, 4) is 0 Å². The average Bonchev–Trinajstić information content (AvgIpc) is 2.80. The minimum absolute atomic E-state index is 0.0327. The normalized spacial score (nSPS) is 13.4. The minimum atomic E-state index is -3.76. The third-order valence-corrected chi connectivity index (χ3v) is 4.44. The highest BCUT2D eigenvalue weighted by Gasteiger charge is 2.22. The van der Waals surface area contributed by atoms with Crippen LogP contribution in [0.1, 0.15) is 18.8 Å². The Balaban J connectivity index is 2.28. The standard InChI is InChI=1S/C10H12ClN5O2S/c1-6(10-13-5-14-15-10)16-19(17,18)9-3-2-7(12)4-8(9)11/h2-6,16H,12H2,1H3,(H,13,14,15). The maximum Gasteiger partial charge on any atom is 0.242 e. The number of aromatic amines is 1. The van der Waals surface area contributed by atoms with Gasteiger partial charge in [-0.1, -0.05) is 11.6 Å². The fourth-order valence-corrected chi connectivity index (χ4v) is 3.27. The van der Waals surface area contributed by atoms with Gasteiger partial charge in [-0.3, -0.25) is 5.10 Å². The molecule has 0 saturated carbocycles. The van der Waals surface area contributed by atoms with Crippen LogP contribution in [0, 0.1) is 0 Å². The van der Waals surface area contributed by atoms with Crippen molar-refractivity contribution in [3.05, 3.63) is 35.4 Å². The number of benzene rings is 1. The van der Waals surface area contributed by atoms with E-state index in [1.807, 2.05) is 0 Å². The zero-order valence-electron chi connectivity index (χ0n) is 9.96. The third kappa shape index (κ3) is 3.03. The number of nitrogens with zero attached hydrogens (tertiary/aromatic N) is 2. The summed E-state index contributed by atoms with van der Waals surface area (Å²) in [5.41, 5.74) is 5.92. The highest BCUT2D eigenvalue weighted by Crippen LogP contribution is 2.24. The summed E-state index contributed by atoms with van der Waals surface area (Å²) in [5.74, 6) is 0.412. The van der Waals surface area contributed by atoms with Gasteiger partial charge in [-0.15, -0.1) is 0 Å². The van der Waals surface area contributed by atoms with Crippen LogP contribution in [0.5, 0.6) is 0 Å². The monoisotopic (exact) mass is 301 g/mol. The van der Waals surface area contributed by atoms with E-state index in [0.29, 0.717) is 11.5 Å². The lowest BCUT2D eigenvalue weighted by Crippen LogP contribution is -2.27. The third-order valence-electron chi connectivity index (χ3n) is 2.42. The molecule has 1 aromatic heterocycles. The van der Waals surface area contributed by atoms with E-state index in [2.05, 4.69) is 19.9 Å². The van der Waals surface area contributed by atoms with Crippen molar-refractivity contribution in [1.82, 2.24) is 19.9 Å². The van der Waals surface area contributed by atoms with E-state index >= 15 is 0 Å². The van der Waals surface area contributed by atoms with Gasteiger partial charge in [0.2, 0.25) is 10.0 Å². The summed E-state index contributed by atoms with van der Waals surface area (Å²) in [4.78, 5) is 3.85. The molecule has 0 aliphatic carbocycles. The van der Waals surface area contributed by atoms with E-state index in [0.717, 1.165) is 0 Å². The Kier molecular flexibility index (Phi) is 3.74. The molecule has 0 radical (unpaired) electrons. The summed E-state index contributed by atoms with van der Waals surface area (Å²) in [6.07, 6.45) is 1.30. The molecule has 1 unspecified atom stereocenters. The number of nitrogens with two attached hydrogens (primary N) is 1. The first-order valence-electron chi connectivity index (χ1n) is 5.33. The first-order chi connectivity index (χ1) is 8.90. The number of rotatable bonds is 4. The lowest BCUT2D eigenvalue weighted by molar-refractivity contribution is 0.560. The molecule has 9 heteroatoms. The molecule has 102 valence electrons. The second-order valence-electron chi connectivity index (χ2n) is 3.90. The van der Waals surface area contributed by atoms with E-state index in [1.165, 1.54) is 24.5 Å². The van der Waals surface area contributed by atoms with Crippen LogP contribution >= 0.6 is 11.6 Å². The van der Waals surface area contributed by atoms with Gasteiger partial charge in [0.1, 0.15) is 17.0 Å². The maximum atomic E-state index is 12.2. The molecule has 0 aliphatic heterocycles. The van der Waals surface area contributed by atoms with Crippen LogP contribution in [0.3, 0.4) is 0 Å². The maximum absolute atomic E-state index is 12.2. The van der Waals surface area contributed by atoms with Crippen LogP contribution in [0.2, 0.25) is 5.02 Å². The number of hydrogen-bond acceptors (Lipinski definition) is 5. The molecule has 0 amide bonds. The van der Waals surface area contributed by atoms with Gasteiger partial charge in [0, 0.05) is 5.69 Å². The number of aromatic nitrogens is 3. The van der Waals surface area contributed by atoms with Crippen molar-refractivity contribution in [3.63, 3.8) is 0 Å². The molecule has 4 N–H and O–H groups in total. The summed E-state index contributed by atoms with van der Waals surface area (Å²) in [5, 5.41) is 6.32. The predicted molar refractivity (Wildman–Crippen MR) is 71.0 cm³/mol. The Bertz CT molecular complexity index is 671. The predicted octanol–water partition coefficient (Wildman–Crippen LogP) is 1.08. The SMILES string of the molecule is CC(NS(=O)(=O)c1ccc(N)cc1Cl)c1ncn[nH]1. The van der Waals surface area contributed by atoms with E-state index in [4.69, 9.17) is 17.3 Å². The van der Waals surface area contributed by atoms with Crippen LogP contribution in [-0.4, -0.2) is 23.6 Å². The fourth-order valence-electron chi connectivity index (χ4n) is 1.51. The molecule has 0 bridgehead atoms. The van der Waals surface area contributed by atoms with Crippen molar-refractivity contribution < 1.29 is 8.42 Å². The summed E-state index contributed by atoms with van der Waals surface area (Å²) in [6.45, 7) is 1.64. The van der Waals surface area contributed by atoms with Gasteiger partial charge in [-0.2, -0.15) is 5.10 Å². The Labute approximate surface area is 115 Å². The van der Waals surface area contributed by atoms with Crippen molar-refractivity contribution in [1.29, 1.82) is 0 Å². The van der Waals surface area contributed by atoms with Gasteiger partial charge < -0.3 is 5.73 Å².